The van der Waals surface area contributed by atoms with E-state index in [2.05, 4.69) is 10.6 Å². The smallest absolute Gasteiger partial charge is 0.416 e. The summed E-state index contributed by atoms with van der Waals surface area (Å²) in [6.45, 7) is -0.925. The molecule has 2 aromatic rings. The van der Waals surface area contributed by atoms with Crippen LogP contribution in [-0.4, -0.2) is 41.8 Å². The number of rotatable bonds is 8. The first kappa shape index (κ1) is 27.3. The zero-order valence-electron chi connectivity index (χ0n) is 19.6. The number of ether oxygens (including phenoxy) is 2. The molecule has 204 valence electrons. The molecule has 1 saturated carbocycles. The van der Waals surface area contributed by atoms with Crippen LogP contribution in [0.4, 0.5) is 26.3 Å². The lowest BCUT2D eigenvalue weighted by atomic mass is 9.62. The van der Waals surface area contributed by atoms with Gasteiger partial charge in [0.15, 0.2) is 13.2 Å². The Labute approximate surface area is 212 Å². The van der Waals surface area contributed by atoms with Crippen LogP contribution in [0.1, 0.15) is 30.4 Å². The Bertz CT molecular complexity index is 1210. The number of fused-ring (bicyclic) bond motifs is 2. The van der Waals surface area contributed by atoms with Crippen molar-refractivity contribution in [3.8, 4) is 11.5 Å². The van der Waals surface area contributed by atoms with Gasteiger partial charge in [-0.25, -0.2) is 0 Å². The molecule has 3 aliphatic rings. The number of nitrogens with one attached hydrogen (secondary N) is 2. The van der Waals surface area contributed by atoms with Crippen LogP contribution in [0.15, 0.2) is 59.8 Å². The summed E-state index contributed by atoms with van der Waals surface area (Å²) in [6, 6.07) is 7.76. The molecule has 3 N–H and O–H groups in total. The molecule has 7 nitrogen and oxygen atoms in total. The number of amides is 2. The highest BCUT2D eigenvalue weighted by molar-refractivity contribution is 5.81. The zero-order valence-corrected chi connectivity index (χ0v) is 19.6. The van der Waals surface area contributed by atoms with E-state index in [0.29, 0.717) is 5.70 Å². The average Bonchev–Trinajstić information content (AvgIpc) is 2.82. The number of benzene rings is 2. The summed E-state index contributed by atoms with van der Waals surface area (Å²) >= 11 is 0. The second-order valence-corrected chi connectivity index (χ2v) is 9.03. The zero-order chi connectivity index (χ0) is 27.7. The van der Waals surface area contributed by atoms with Crippen LogP contribution in [0.25, 0.3) is 0 Å². The number of carbonyl (C=O) groups is 2. The topological polar surface area (TPSA) is 96.9 Å². The lowest BCUT2D eigenvalue weighted by Gasteiger charge is -2.52. The Morgan fingerprint density at radius 1 is 0.816 bits per heavy atom. The summed E-state index contributed by atoms with van der Waals surface area (Å²) in [6.07, 6.45) is -9.41. The molecule has 0 unspecified atom stereocenters. The lowest BCUT2D eigenvalue weighted by molar-refractivity contribution is -0.138. The number of halogens is 6. The molecule has 0 spiro atoms. The Kier molecular flexibility index (Phi) is 7.33. The van der Waals surface area contributed by atoms with E-state index < -0.39 is 60.2 Å². The Hall–Kier alpha value is -3.74. The maximum atomic E-state index is 12.6. The van der Waals surface area contributed by atoms with Gasteiger partial charge < -0.3 is 25.2 Å². The monoisotopic (exact) mass is 544 g/mol. The van der Waals surface area contributed by atoms with Crippen LogP contribution in [0, 0.1) is 0 Å². The van der Waals surface area contributed by atoms with Crippen LogP contribution >= 0.6 is 0 Å². The third-order valence-corrected chi connectivity index (χ3v) is 6.30. The fourth-order valence-electron chi connectivity index (χ4n) is 4.30. The molecule has 0 heterocycles. The van der Waals surface area contributed by atoms with Gasteiger partial charge in [-0.3, -0.25) is 9.59 Å². The van der Waals surface area contributed by atoms with Gasteiger partial charge in [-0.1, -0.05) is 0 Å². The van der Waals surface area contributed by atoms with Gasteiger partial charge in [-0.15, -0.1) is 0 Å². The number of alkyl halides is 6. The van der Waals surface area contributed by atoms with Crippen molar-refractivity contribution in [1.29, 1.82) is 0 Å². The number of carbonyl (C=O) groups excluding carboxylic acids is 2. The van der Waals surface area contributed by atoms with Gasteiger partial charge in [0.05, 0.1) is 22.8 Å². The molecule has 0 radical (unpaired) electrons. The van der Waals surface area contributed by atoms with E-state index in [1.165, 1.54) is 0 Å². The predicted molar refractivity (Wildman–Crippen MR) is 120 cm³/mol. The van der Waals surface area contributed by atoms with Crippen LogP contribution in [0.2, 0.25) is 0 Å². The first-order valence-corrected chi connectivity index (χ1v) is 11.4. The number of hydrogen-bond acceptors (Lipinski definition) is 5. The molecule has 3 aliphatic carbocycles. The Morgan fingerprint density at radius 3 is 1.68 bits per heavy atom. The van der Waals surface area contributed by atoms with Crippen molar-refractivity contribution in [2.75, 3.05) is 13.2 Å². The molecule has 2 aromatic carbocycles. The van der Waals surface area contributed by atoms with Crippen LogP contribution < -0.4 is 20.1 Å². The van der Waals surface area contributed by atoms with E-state index in [-0.39, 0.29) is 30.8 Å². The van der Waals surface area contributed by atoms with E-state index in [1.807, 2.05) is 0 Å². The highest BCUT2D eigenvalue weighted by Gasteiger charge is 2.52. The van der Waals surface area contributed by atoms with E-state index in [0.717, 1.165) is 54.1 Å². The normalized spacial score (nSPS) is 20.9. The van der Waals surface area contributed by atoms with E-state index >= 15 is 0 Å². The molecule has 5 rings (SSSR count). The van der Waals surface area contributed by atoms with E-state index in [9.17, 15) is 41.0 Å². The molecule has 38 heavy (non-hydrogen) atoms. The fourth-order valence-corrected chi connectivity index (χ4v) is 4.30. The third kappa shape index (κ3) is 6.21. The molecule has 1 atom stereocenters. The highest BCUT2D eigenvalue weighted by Crippen LogP contribution is 2.47. The summed E-state index contributed by atoms with van der Waals surface area (Å²) in [5.41, 5.74) is -1.34. The maximum Gasteiger partial charge on any atom is 0.416 e. The summed E-state index contributed by atoms with van der Waals surface area (Å²) in [4.78, 5) is 24.6. The fraction of sp³-hybridized carbons (Fsp3) is 0.360. The molecular weight excluding hydrogens is 522 g/mol. The van der Waals surface area contributed by atoms with Crippen molar-refractivity contribution < 1.29 is 50.5 Å². The number of aliphatic hydroxyl groups is 1. The van der Waals surface area contributed by atoms with Crippen LogP contribution in [0.3, 0.4) is 0 Å². The molecule has 0 aromatic heterocycles. The highest BCUT2D eigenvalue weighted by atomic mass is 19.4. The van der Waals surface area contributed by atoms with Crippen molar-refractivity contribution in [3.63, 3.8) is 0 Å². The average molecular weight is 544 g/mol. The number of aliphatic hydroxyl groups excluding tert-OH is 1. The SMILES string of the molecule is O=C(COc1ccc(C(F)(F)F)cc1)NC1=C2CC(NC(=O)COc3ccc(C(F)(F)F)cc3)(C2)[C@@H](O)C1. The van der Waals surface area contributed by atoms with Crippen molar-refractivity contribution in [2.45, 2.75) is 43.3 Å². The van der Waals surface area contributed by atoms with Gasteiger partial charge in [0, 0.05) is 12.1 Å². The summed E-state index contributed by atoms with van der Waals surface area (Å²) in [5.74, 6) is -0.973. The quantitative estimate of drug-likeness (QED) is 0.438. The van der Waals surface area contributed by atoms with Crippen molar-refractivity contribution in [2.24, 2.45) is 0 Å². The molecule has 0 aliphatic heterocycles. The van der Waals surface area contributed by atoms with Gasteiger partial charge in [0.1, 0.15) is 11.5 Å². The molecular formula is C25H22F6N2O5. The molecule has 0 saturated heterocycles. The van der Waals surface area contributed by atoms with Crippen LogP contribution in [0.5, 0.6) is 11.5 Å². The minimum Gasteiger partial charge on any atom is -0.484 e. The summed E-state index contributed by atoms with van der Waals surface area (Å²) in [7, 11) is 0. The van der Waals surface area contributed by atoms with Crippen molar-refractivity contribution in [1.82, 2.24) is 10.6 Å². The van der Waals surface area contributed by atoms with Gasteiger partial charge in [-0.05, 0) is 66.9 Å². The number of hydrogen-bond donors (Lipinski definition) is 3. The lowest BCUT2D eigenvalue weighted by Crippen LogP contribution is -2.65. The van der Waals surface area contributed by atoms with Crippen LogP contribution in [-0.2, 0) is 21.9 Å². The van der Waals surface area contributed by atoms with E-state index in [1.54, 1.807) is 0 Å². The van der Waals surface area contributed by atoms with Gasteiger partial charge in [-0.2, -0.15) is 26.3 Å². The molecule has 2 amide bonds. The minimum atomic E-state index is -4.49. The first-order valence-electron chi connectivity index (χ1n) is 11.4. The largest absolute Gasteiger partial charge is 0.484 e. The molecule has 2 bridgehead atoms. The summed E-state index contributed by atoms with van der Waals surface area (Å²) < 4.78 is 86.2. The van der Waals surface area contributed by atoms with Crippen molar-refractivity contribution >= 4 is 11.8 Å². The second-order valence-electron chi connectivity index (χ2n) is 9.03. The van der Waals surface area contributed by atoms with E-state index in [4.69, 9.17) is 9.47 Å². The predicted octanol–water partition coefficient (Wildman–Crippen LogP) is 3.97. The minimum absolute atomic E-state index is 0.0431. The Morgan fingerprint density at radius 2 is 1.26 bits per heavy atom. The second kappa shape index (κ2) is 10.2. The third-order valence-electron chi connectivity index (χ3n) is 6.30. The van der Waals surface area contributed by atoms with Crippen molar-refractivity contribution in [3.05, 3.63) is 70.9 Å². The first-order chi connectivity index (χ1) is 17.7. The van der Waals surface area contributed by atoms with Gasteiger partial charge in [0.25, 0.3) is 11.8 Å². The summed E-state index contributed by atoms with van der Waals surface area (Å²) in [5, 5.41) is 16.0. The maximum absolute atomic E-state index is 12.6. The molecule has 13 heteroatoms. The van der Waals surface area contributed by atoms with Gasteiger partial charge >= 0.3 is 12.4 Å². The molecule has 1 fully saturated rings. The standard InChI is InChI=1S/C25H22F6N2O5/c26-24(27,28)15-1-5-17(6-2-15)37-12-21(35)32-19-9-20(34)23(10-14(19)11-23)33-22(36)13-38-18-7-3-16(4-8-18)25(29,30)31/h1-8,20,34H,9-13H2,(H,32,35)(H,33,36)/t20-/m0/s1. The van der Waals surface area contributed by atoms with Gasteiger partial charge in [0.2, 0.25) is 0 Å². The Balaban J connectivity index is 1.24.